The number of hydrogen-bond acceptors (Lipinski definition) is 3. The van der Waals surface area contributed by atoms with Gasteiger partial charge in [-0.25, -0.2) is 0 Å². The smallest absolute Gasteiger partial charge is 0.256 e. The number of nitrogens with zero attached hydrogens (tertiary/aromatic N) is 1. The van der Waals surface area contributed by atoms with Crippen molar-refractivity contribution in [3.8, 4) is 0 Å². The fourth-order valence-electron chi connectivity index (χ4n) is 2.76. The number of benzene rings is 1. The summed E-state index contributed by atoms with van der Waals surface area (Å²) < 4.78 is 5.71. The van der Waals surface area contributed by atoms with E-state index in [0.717, 1.165) is 29.8 Å². The van der Waals surface area contributed by atoms with E-state index in [9.17, 15) is 4.79 Å². The van der Waals surface area contributed by atoms with Crippen molar-refractivity contribution in [3.63, 3.8) is 0 Å². The van der Waals surface area contributed by atoms with Gasteiger partial charge in [-0.3, -0.25) is 4.79 Å². The van der Waals surface area contributed by atoms with Gasteiger partial charge in [0.1, 0.15) is 0 Å². The first kappa shape index (κ1) is 15.8. The summed E-state index contributed by atoms with van der Waals surface area (Å²) in [5, 5.41) is 3.37. The van der Waals surface area contributed by atoms with E-state index in [-0.39, 0.29) is 18.1 Å². The summed E-state index contributed by atoms with van der Waals surface area (Å²) in [5.74, 6) is 0.0932. The average Bonchev–Trinajstić information content (AvgIpc) is 2.43. The molecule has 0 aromatic heterocycles. The maximum Gasteiger partial charge on any atom is 0.256 e. The number of nitrogens with one attached hydrogen (secondary N) is 1. The maximum absolute atomic E-state index is 12.8. The highest BCUT2D eigenvalue weighted by atomic mass is 16.5. The zero-order valence-corrected chi connectivity index (χ0v) is 13.5. The van der Waals surface area contributed by atoms with Gasteiger partial charge >= 0.3 is 0 Å². The third-order valence-electron chi connectivity index (χ3n) is 3.68. The van der Waals surface area contributed by atoms with Crippen LogP contribution in [0.25, 0.3) is 0 Å². The summed E-state index contributed by atoms with van der Waals surface area (Å²) in [5.41, 5.74) is 2.86. The lowest BCUT2D eigenvalue weighted by Crippen LogP contribution is -2.48. The van der Waals surface area contributed by atoms with Gasteiger partial charge in [-0.15, -0.1) is 0 Å². The van der Waals surface area contributed by atoms with Crippen LogP contribution in [0.15, 0.2) is 18.2 Å². The molecule has 1 fully saturated rings. The second kappa shape index (κ2) is 6.94. The van der Waals surface area contributed by atoms with E-state index >= 15 is 0 Å². The summed E-state index contributed by atoms with van der Waals surface area (Å²) in [6.07, 6.45) is 1.22. The van der Waals surface area contributed by atoms with Crippen molar-refractivity contribution >= 4 is 11.6 Å². The van der Waals surface area contributed by atoms with Crippen molar-refractivity contribution in [1.29, 1.82) is 0 Å². The quantitative estimate of drug-likeness (QED) is 0.926. The van der Waals surface area contributed by atoms with E-state index in [4.69, 9.17) is 4.74 Å². The Hall–Kier alpha value is -1.55. The molecule has 1 aromatic rings. The van der Waals surface area contributed by atoms with Gasteiger partial charge in [-0.1, -0.05) is 13.0 Å². The van der Waals surface area contributed by atoms with Crippen LogP contribution in [0.4, 0.5) is 5.69 Å². The van der Waals surface area contributed by atoms with Crippen molar-refractivity contribution in [2.75, 3.05) is 25.0 Å². The van der Waals surface area contributed by atoms with E-state index < -0.39 is 0 Å². The summed E-state index contributed by atoms with van der Waals surface area (Å²) in [6, 6.07) is 5.98. The maximum atomic E-state index is 12.8. The van der Waals surface area contributed by atoms with Crippen molar-refractivity contribution < 1.29 is 9.53 Å². The third-order valence-corrected chi connectivity index (χ3v) is 3.68. The Balaban J connectivity index is 2.21. The van der Waals surface area contributed by atoms with E-state index in [2.05, 4.69) is 18.3 Å². The highest BCUT2D eigenvalue weighted by Gasteiger charge is 2.27. The van der Waals surface area contributed by atoms with Gasteiger partial charge in [0.15, 0.2) is 0 Å². The number of morpholine rings is 1. The van der Waals surface area contributed by atoms with Crippen LogP contribution < -0.4 is 5.32 Å². The third kappa shape index (κ3) is 3.97. The molecule has 1 heterocycles. The minimum absolute atomic E-state index is 0.0928. The standard InChI is InChI=1S/C17H26N2O2/c1-5-8-18-16-9-12(2)6-7-15(16)17(20)19-10-13(3)21-14(4)11-19/h6-7,9,13-14,18H,5,8,10-11H2,1-4H3/t13-,14+. The molecular weight excluding hydrogens is 264 g/mol. The number of carbonyl (C=O) groups excluding carboxylic acids is 1. The fraction of sp³-hybridized carbons (Fsp3) is 0.588. The number of carbonyl (C=O) groups is 1. The molecule has 0 aliphatic carbocycles. The van der Waals surface area contributed by atoms with Crippen LogP contribution in [0.1, 0.15) is 43.1 Å². The van der Waals surface area contributed by atoms with Crippen molar-refractivity contribution in [3.05, 3.63) is 29.3 Å². The Morgan fingerprint density at radius 2 is 2.00 bits per heavy atom. The molecule has 1 N–H and O–H groups in total. The predicted octanol–water partition coefficient (Wildman–Crippen LogP) is 3.07. The molecule has 0 radical (unpaired) electrons. The zero-order chi connectivity index (χ0) is 15.4. The average molecular weight is 290 g/mol. The minimum atomic E-state index is 0.0928. The fourth-order valence-corrected chi connectivity index (χ4v) is 2.76. The Morgan fingerprint density at radius 1 is 1.33 bits per heavy atom. The molecular formula is C17H26N2O2. The van der Waals surface area contributed by atoms with Crippen LogP contribution in [-0.4, -0.2) is 42.6 Å². The van der Waals surface area contributed by atoms with Crippen LogP contribution in [0, 0.1) is 6.92 Å². The Morgan fingerprint density at radius 3 is 2.62 bits per heavy atom. The first-order chi connectivity index (χ1) is 10.0. The van der Waals surface area contributed by atoms with Crippen LogP contribution in [0.5, 0.6) is 0 Å². The molecule has 1 aromatic carbocycles. The van der Waals surface area contributed by atoms with Crippen LogP contribution in [-0.2, 0) is 4.74 Å². The van der Waals surface area contributed by atoms with E-state index in [1.54, 1.807) is 0 Å². The molecule has 1 aliphatic heterocycles. The van der Waals surface area contributed by atoms with Gasteiger partial charge in [0, 0.05) is 25.3 Å². The van der Waals surface area contributed by atoms with Crippen LogP contribution in [0.2, 0.25) is 0 Å². The molecule has 2 rings (SSSR count). The summed E-state index contributed by atoms with van der Waals surface area (Å²) in [4.78, 5) is 14.7. The van der Waals surface area contributed by atoms with E-state index in [1.165, 1.54) is 0 Å². The summed E-state index contributed by atoms with van der Waals surface area (Å²) in [6.45, 7) is 10.4. The van der Waals surface area contributed by atoms with Gasteiger partial charge < -0.3 is 15.0 Å². The number of hydrogen-bond donors (Lipinski definition) is 1. The summed E-state index contributed by atoms with van der Waals surface area (Å²) in [7, 11) is 0. The van der Waals surface area contributed by atoms with E-state index in [1.807, 2.05) is 37.8 Å². The topological polar surface area (TPSA) is 41.6 Å². The molecule has 1 saturated heterocycles. The van der Waals surface area contributed by atoms with Crippen LogP contribution in [0.3, 0.4) is 0 Å². The molecule has 0 bridgehead atoms. The van der Waals surface area contributed by atoms with E-state index in [0.29, 0.717) is 13.1 Å². The number of anilines is 1. The monoisotopic (exact) mass is 290 g/mol. The van der Waals surface area contributed by atoms with Gasteiger partial charge in [-0.2, -0.15) is 0 Å². The normalized spacial score (nSPS) is 22.2. The van der Waals surface area contributed by atoms with Gasteiger partial charge in [0.2, 0.25) is 0 Å². The van der Waals surface area contributed by atoms with Crippen molar-refractivity contribution in [1.82, 2.24) is 4.90 Å². The molecule has 116 valence electrons. The molecule has 0 spiro atoms. The number of ether oxygens (including phenoxy) is 1. The predicted molar refractivity (Wildman–Crippen MR) is 85.9 cm³/mol. The number of aryl methyl sites for hydroxylation is 1. The Kier molecular flexibility index (Phi) is 5.23. The molecule has 1 aliphatic rings. The SMILES string of the molecule is CCCNc1cc(C)ccc1C(=O)N1C[C@@H](C)O[C@@H](C)C1. The molecule has 1 amide bonds. The second-order valence-electron chi connectivity index (χ2n) is 5.94. The number of rotatable bonds is 4. The number of amides is 1. The van der Waals surface area contributed by atoms with Gasteiger partial charge in [-0.05, 0) is 44.9 Å². The lowest BCUT2D eigenvalue weighted by Gasteiger charge is -2.35. The van der Waals surface area contributed by atoms with Crippen molar-refractivity contribution in [2.45, 2.75) is 46.3 Å². The Bertz CT molecular complexity index is 492. The van der Waals surface area contributed by atoms with Gasteiger partial charge in [0.25, 0.3) is 5.91 Å². The minimum Gasteiger partial charge on any atom is -0.384 e. The van der Waals surface area contributed by atoms with Gasteiger partial charge in [0.05, 0.1) is 17.8 Å². The molecule has 4 heteroatoms. The summed E-state index contributed by atoms with van der Waals surface area (Å²) >= 11 is 0. The van der Waals surface area contributed by atoms with Crippen molar-refractivity contribution in [2.24, 2.45) is 0 Å². The van der Waals surface area contributed by atoms with Crippen LogP contribution >= 0.6 is 0 Å². The first-order valence-corrected chi connectivity index (χ1v) is 7.80. The molecule has 0 unspecified atom stereocenters. The highest BCUT2D eigenvalue weighted by Crippen LogP contribution is 2.22. The Labute approximate surface area is 127 Å². The first-order valence-electron chi connectivity index (χ1n) is 7.80. The second-order valence-corrected chi connectivity index (χ2v) is 5.94. The molecule has 21 heavy (non-hydrogen) atoms. The largest absolute Gasteiger partial charge is 0.384 e. The highest BCUT2D eigenvalue weighted by molar-refractivity contribution is 5.99. The molecule has 2 atom stereocenters. The molecule has 4 nitrogen and oxygen atoms in total. The lowest BCUT2D eigenvalue weighted by molar-refractivity contribution is -0.0585. The molecule has 0 saturated carbocycles. The zero-order valence-electron chi connectivity index (χ0n) is 13.5. The lowest BCUT2D eigenvalue weighted by atomic mass is 10.1.